The fourth-order valence-electron chi connectivity index (χ4n) is 2.76. The van der Waals surface area contributed by atoms with Gasteiger partial charge in [0.15, 0.2) is 0 Å². The molecule has 1 aromatic rings. The fourth-order valence-corrected chi connectivity index (χ4v) is 2.76. The third-order valence-electron chi connectivity index (χ3n) is 4.36. The SMILES string of the molecule is CCCC(N)C(=O)NCc1ccc(N2CCN(CC)CC2)nc1. The van der Waals surface area contributed by atoms with Gasteiger partial charge in [-0.15, -0.1) is 0 Å². The van der Waals surface area contributed by atoms with Crippen molar-refractivity contribution < 1.29 is 4.79 Å². The standard InChI is InChI=1S/C17H29N5O/c1-3-5-15(18)17(23)20-13-14-6-7-16(19-12-14)22-10-8-21(4-2)9-11-22/h6-7,12,15H,3-5,8-11,13,18H2,1-2H3,(H,20,23). The van der Waals surface area contributed by atoms with Crippen molar-refractivity contribution in [1.29, 1.82) is 0 Å². The molecule has 128 valence electrons. The van der Waals surface area contributed by atoms with Crippen LogP contribution in [0.15, 0.2) is 18.3 Å². The summed E-state index contributed by atoms with van der Waals surface area (Å²) in [6, 6.07) is 3.65. The van der Waals surface area contributed by atoms with Crippen LogP contribution in [0.3, 0.4) is 0 Å². The monoisotopic (exact) mass is 319 g/mol. The fraction of sp³-hybridized carbons (Fsp3) is 0.647. The number of amides is 1. The first kappa shape index (κ1) is 17.7. The zero-order valence-corrected chi connectivity index (χ0v) is 14.3. The van der Waals surface area contributed by atoms with Crippen molar-refractivity contribution >= 4 is 11.7 Å². The van der Waals surface area contributed by atoms with Gasteiger partial charge in [0.1, 0.15) is 5.82 Å². The van der Waals surface area contributed by atoms with Crippen molar-refractivity contribution in [3.63, 3.8) is 0 Å². The number of rotatable bonds is 7. The Balaban J connectivity index is 1.82. The molecule has 0 bridgehead atoms. The van der Waals surface area contributed by atoms with Crippen LogP contribution in [0.25, 0.3) is 0 Å². The lowest BCUT2D eigenvalue weighted by Crippen LogP contribution is -2.46. The van der Waals surface area contributed by atoms with Crippen LogP contribution in [-0.4, -0.2) is 54.6 Å². The minimum Gasteiger partial charge on any atom is -0.354 e. The first-order chi connectivity index (χ1) is 11.1. The summed E-state index contributed by atoms with van der Waals surface area (Å²) in [7, 11) is 0. The van der Waals surface area contributed by atoms with Gasteiger partial charge in [-0.3, -0.25) is 4.79 Å². The summed E-state index contributed by atoms with van der Waals surface area (Å²) < 4.78 is 0. The molecule has 1 atom stereocenters. The normalized spacial score (nSPS) is 17.1. The number of carbonyl (C=O) groups excluding carboxylic acids is 1. The summed E-state index contributed by atoms with van der Waals surface area (Å²) in [5, 5.41) is 2.87. The van der Waals surface area contributed by atoms with E-state index >= 15 is 0 Å². The van der Waals surface area contributed by atoms with Crippen molar-refractivity contribution in [2.75, 3.05) is 37.6 Å². The molecular weight excluding hydrogens is 290 g/mol. The number of nitrogens with zero attached hydrogens (tertiary/aromatic N) is 3. The number of piperazine rings is 1. The Morgan fingerprint density at radius 2 is 2.04 bits per heavy atom. The molecule has 1 aromatic heterocycles. The van der Waals surface area contributed by atoms with Crippen molar-refractivity contribution in [3.8, 4) is 0 Å². The van der Waals surface area contributed by atoms with Crippen LogP contribution in [0.5, 0.6) is 0 Å². The maximum Gasteiger partial charge on any atom is 0.237 e. The molecule has 3 N–H and O–H groups in total. The first-order valence-corrected chi connectivity index (χ1v) is 8.59. The largest absolute Gasteiger partial charge is 0.354 e. The highest BCUT2D eigenvalue weighted by Crippen LogP contribution is 2.14. The first-order valence-electron chi connectivity index (χ1n) is 8.59. The van der Waals surface area contributed by atoms with Crippen LogP contribution in [-0.2, 0) is 11.3 Å². The second-order valence-corrected chi connectivity index (χ2v) is 6.06. The molecule has 1 unspecified atom stereocenters. The summed E-state index contributed by atoms with van der Waals surface area (Å²) in [6.07, 6.45) is 3.47. The van der Waals surface area contributed by atoms with Gasteiger partial charge >= 0.3 is 0 Å². The lowest BCUT2D eigenvalue weighted by atomic mass is 10.1. The number of nitrogens with one attached hydrogen (secondary N) is 1. The summed E-state index contributed by atoms with van der Waals surface area (Å²) in [5.74, 6) is 0.921. The minimum atomic E-state index is -0.415. The zero-order chi connectivity index (χ0) is 16.7. The zero-order valence-electron chi connectivity index (χ0n) is 14.3. The number of nitrogens with two attached hydrogens (primary N) is 1. The quantitative estimate of drug-likeness (QED) is 0.783. The summed E-state index contributed by atoms with van der Waals surface area (Å²) in [4.78, 5) is 21.1. The van der Waals surface area contributed by atoms with Gasteiger partial charge < -0.3 is 20.9 Å². The molecule has 0 saturated carbocycles. The highest BCUT2D eigenvalue weighted by atomic mass is 16.2. The second-order valence-electron chi connectivity index (χ2n) is 6.06. The lowest BCUT2D eigenvalue weighted by Gasteiger charge is -2.34. The van der Waals surface area contributed by atoms with Crippen molar-refractivity contribution in [3.05, 3.63) is 23.9 Å². The van der Waals surface area contributed by atoms with Gasteiger partial charge in [-0.25, -0.2) is 4.98 Å². The predicted molar refractivity (Wildman–Crippen MR) is 93.3 cm³/mol. The predicted octanol–water partition coefficient (Wildman–Crippen LogP) is 0.967. The van der Waals surface area contributed by atoms with Crippen LogP contribution >= 0.6 is 0 Å². The van der Waals surface area contributed by atoms with Crippen molar-refractivity contribution in [1.82, 2.24) is 15.2 Å². The van der Waals surface area contributed by atoms with E-state index in [2.05, 4.69) is 27.0 Å². The maximum absolute atomic E-state index is 11.8. The van der Waals surface area contributed by atoms with Crippen LogP contribution in [0.1, 0.15) is 32.3 Å². The van der Waals surface area contributed by atoms with Crippen molar-refractivity contribution in [2.45, 2.75) is 39.3 Å². The summed E-state index contributed by atoms with van der Waals surface area (Å²) >= 11 is 0. The maximum atomic E-state index is 11.8. The number of hydrogen-bond donors (Lipinski definition) is 2. The van der Waals surface area contributed by atoms with E-state index in [1.807, 2.05) is 25.3 Å². The number of carbonyl (C=O) groups is 1. The van der Waals surface area contributed by atoms with E-state index in [9.17, 15) is 4.79 Å². The van der Waals surface area contributed by atoms with Crippen molar-refractivity contribution in [2.24, 2.45) is 5.73 Å². The summed E-state index contributed by atoms with van der Waals surface area (Å²) in [6.45, 7) is 10.0. The molecule has 6 nitrogen and oxygen atoms in total. The number of pyridine rings is 1. The average molecular weight is 319 g/mol. The molecule has 1 aliphatic heterocycles. The Morgan fingerprint density at radius 3 is 2.61 bits per heavy atom. The van der Waals surface area contributed by atoms with E-state index in [1.165, 1.54) is 0 Å². The molecule has 1 saturated heterocycles. The molecule has 1 aliphatic rings. The third-order valence-corrected chi connectivity index (χ3v) is 4.36. The van der Waals surface area contributed by atoms with Crippen LogP contribution in [0.4, 0.5) is 5.82 Å². The summed E-state index contributed by atoms with van der Waals surface area (Å²) in [5.41, 5.74) is 6.80. The Hall–Kier alpha value is -1.66. The van der Waals surface area contributed by atoms with Crippen LogP contribution < -0.4 is 16.0 Å². The molecule has 1 amide bonds. The molecule has 0 spiro atoms. The van der Waals surface area contributed by atoms with E-state index < -0.39 is 6.04 Å². The minimum absolute atomic E-state index is 0.0911. The van der Waals surface area contributed by atoms with Gasteiger partial charge in [0.25, 0.3) is 0 Å². The molecule has 0 aliphatic carbocycles. The molecule has 0 radical (unpaired) electrons. The van der Waals surface area contributed by atoms with Gasteiger partial charge in [-0.05, 0) is 24.6 Å². The van der Waals surface area contributed by atoms with Crippen LogP contribution in [0.2, 0.25) is 0 Å². The number of aromatic nitrogens is 1. The van der Waals surface area contributed by atoms with Crippen LogP contribution in [0, 0.1) is 0 Å². The third kappa shape index (κ3) is 5.18. The van der Waals surface area contributed by atoms with E-state index in [0.29, 0.717) is 13.0 Å². The number of likely N-dealkylation sites (N-methyl/N-ethyl adjacent to an activating group) is 1. The molecule has 2 heterocycles. The Labute approximate surface area is 139 Å². The van der Waals surface area contributed by atoms with Gasteiger partial charge in [0.2, 0.25) is 5.91 Å². The Bertz CT molecular complexity index is 482. The van der Waals surface area contributed by atoms with Gasteiger partial charge in [-0.1, -0.05) is 26.3 Å². The topological polar surface area (TPSA) is 74.5 Å². The highest BCUT2D eigenvalue weighted by molar-refractivity contribution is 5.81. The number of anilines is 1. The second kappa shape index (κ2) is 8.84. The molecule has 1 fully saturated rings. The molecular formula is C17H29N5O. The average Bonchev–Trinajstić information content (AvgIpc) is 2.60. The smallest absolute Gasteiger partial charge is 0.237 e. The molecule has 2 rings (SSSR count). The Kier molecular flexibility index (Phi) is 6.80. The van der Waals surface area contributed by atoms with Gasteiger partial charge in [-0.2, -0.15) is 0 Å². The molecule has 0 aromatic carbocycles. The van der Waals surface area contributed by atoms with Gasteiger partial charge in [0, 0.05) is 38.9 Å². The Morgan fingerprint density at radius 1 is 1.30 bits per heavy atom. The van der Waals surface area contributed by atoms with Gasteiger partial charge in [0.05, 0.1) is 6.04 Å². The lowest BCUT2D eigenvalue weighted by molar-refractivity contribution is -0.122. The van der Waals surface area contributed by atoms with E-state index in [1.54, 1.807) is 0 Å². The molecule has 23 heavy (non-hydrogen) atoms. The van der Waals surface area contributed by atoms with E-state index in [0.717, 1.165) is 50.5 Å². The molecule has 6 heteroatoms. The highest BCUT2D eigenvalue weighted by Gasteiger charge is 2.16. The van der Waals surface area contributed by atoms with E-state index in [-0.39, 0.29) is 5.91 Å². The number of hydrogen-bond acceptors (Lipinski definition) is 5. The van der Waals surface area contributed by atoms with E-state index in [4.69, 9.17) is 5.73 Å².